The van der Waals surface area contributed by atoms with Gasteiger partial charge in [0.2, 0.25) is 15.9 Å². The maximum atomic E-state index is 13.3. The highest BCUT2D eigenvalue weighted by Crippen LogP contribution is 2.28. The fraction of sp³-hybridized carbons (Fsp3) is 0.381. The van der Waals surface area contributed by atoms with Crippen LogP contribution in [-0.2, 0) is 21.4 Å². The second-order valence-corrected chi connectivity index (χ2v) is 10.2. The third-order valence-corrected chi connectivity index (χ3v) is 7.58. The molecule has 0 saturated carbocycles. The summed E-state index contributed by atoms with van der Waals surface area (Å²) in [5, 5.41) is 11.7. The molecule has 1 atom stereocenters. The minimum Gasteiger partial charge on any atom is -0.351 e. The molecule has 2 heterocycles. The SMILES string of the molecule is CC(C)n1nnc2cc(S(=O)(=O)N3CCC[C@H]3C(=O)NCc3ccc(Cl)cc3)ccc21. The van der Waals surface area contributed by atoms with Crippen LogP contribution in [0.4, 0.5) is 0 Å². The number of benzene rings is 2. The molecular weight excluding hydrogens is 438 g/mol. The lowest BCUT2D eigenvalue weighted by Gasteiger charge is -2.23. The number of sulfonamides is 1. The lowest BCUT2D eigenvalue weighted by molar-refractivity contribution is -0.124. The van der Waals surface area contributed by atoms with Crippen LogP contribution in [0.2, 0.25) is 5.02 Å². The fourth-order valence-corrected chi connectivity index (χ4v) is 5.60. The van der Waals surface area contributed by atoms with E-state index in [1.54, 1.807) is 28.9 Å². The van der Waals surface area contributed by atoms with Gasteiger partial charge in [-0.3, -0.25) is 4.79 Å². The molecule has 1 saturated heterocycles. The number of hydrogen-bond acceptors (Lipinski definition) is 5. The van der Waals surface area contributed by atoms with Crippen molar-refractivity contribution < 1.29 is 13.2 Å². The van der Waals surface area contributed by atoms with Crippen molar-refractivity contribution in [1.29, 1.82) is 0 Å². The average molecular weight is 462 g/mol. The summed E-state index contributed by atoms with van der Waals surface area (Å²) in [5.41, 5.74) is 2.18. The second-order valence-electron chi connectivity index (χ2n) is 7.90. The van der Waals surface area contributed by atoms with Crippen molar-refractivity contribution in [1.82, 2.24) is 24.6 Å². The Bertz CT molecular complexity index is 1210. The van der Waals surface area contributed by atoms with Crippen molar-refractivity contribution in [2.45, 2.75) is 50.2 Å². The number of rotatable bonds is 6. The van der Waals surface area contributed by atoms with Crippen molar-refractivity contribution in [2.75, 3.05) is 6.54 Å². The van der Waals surface area contributed by atoms with Crippen LogP contribution in [0.5, 0.6) is 0 Å². The smallest absolute Gasteiger partial charge is 0.243 e. The summed E-state index contributed by atoms with van der Waals surface area (Å²) in [6.07, 6.45) is 1.11. The van der Waals surface area contributed by atoms with E-state index in [1.165, 1.54) is 10.4 Å². The van der Waals surface area contributed by atoms with Crippen LogP contribution in [0.3, 0.4) is 0 Å². The predicted octanol–water partition coefficient (Wildman–Crippen LogP) is 3.14. The first-order chi connectivity index (χ1) is 14.8. The molecule has 1 N–H and O–H groups in total. The van der Waals surface area contributed by atoms with E-state index in [9.17, 15) is 13.2 Å². The van der Waals surface area contributed by atoms with Crippen LogP contribution in [0.25, 0.3) is 11.0 Å². The molecule has 0 spiro atoms. The van der Waals surface area contributed by atoms with Gasteiger partial charge in [0.1, 0.15) is 11.6 Å². The molecule has 2 aromatic carbocycles. The molecule has 0 aliphatic carbocycles. The normalized spacial score (nSPS) is 17.5. The Balaban J connectivity index is 1.53. The lowest BCUT2D eigenvalue weighted by Crippen LogP contribution is -2.45. The maximum absolute atomic E-state index is 13.3. The first-order valence-corrected chi connectivity index (χ1v) is 12.0. The summed E-state index contributed by atoms with van der Waals surface area (Å²) in [6, 6.07) is 11.3. The first-order valence-electron chi connectivity index (χ1n) is 10.2. The number of nitrogens with one attached hydrogen (secondary N) is 1. The van der Waals surface area contributed by atoms with Crippen molar-refractivity contribution >= 4 is 38.6 Å². The highest BCUT2D eigenvalue weighted by atomic mass is 35.5. The van der Waals surface area contributed by atoms with Gasteiger partial charge in [0.15, 0.2) is 0 Å². The Labute approximate surface area is 186 Å². The van der Waals surface area contributed by atoms with E-state index in [-0.39, 0.29) is 16.8 Å². The Hall–Kier alpha value is -2.49. The quantitative estimate of drug-likeness (QED) is 0.608. The number of aromatic nitrogens is 3. The largest absolute Gasteiger partial charge is 0.351 e. The topological polar surface area (TPSA) is 97.2 Å². The molecule has 1 aromatic heterocycles. The van der Waals surface area contributed by atoms with Crippen molar-refractivity contribution in [2.24, 2.45) is 0 Å². The lowest BCUT2D eigenvalue weighted by atomic mass is 10.2. The van der Waals surface area contributed by atoms with Crippen LogP contribution in [-0.4, -0.2) is 46.2 Å². The van der Waals surface area contributed by atoms with Gasteiger partial charge in [0.05, 0.1) is 10.4 Å². The van der Waals surface area contributed by atoms with Gasteiger partial charge < -0.3 is 5.32 Å². The Kier molecular flexibility index (Phi) is 6.00. The van der Waals surface area contributed by atoms with Crippen LogP contribution in [0.15, 0.2) is 47.4 Å². The highest BCUT2D eigenvalue weighted by Gasteiger charge is 2.39. The van der Waals surface area contributed by atoms with E-state index in [0.29, 0.717) is 36.5 Å². The number of carbonyl (C=O) groups excluding carboxylic acids is 1. The zero-order valence-corrected chi connectivity index (χ0v) is 18.9. The van der Waals surface area contributed by atoms with Gasteiger partial charge in [0, 0.05) is 24.2 Å². The Morgan fingerprint density at radius 1 is 1.23 bits per heavy atom. The molecule has 31 heavy (non-hydrogen) atoms. The summed E-state index contributed by atoms with van der Waals surface area (Å²) in [5.74, 6) is -0.303. The van der Waals surface area contributed by atoms with Gasteiger partial charge in [-0.05, 0) is 62.6 Å². The van der Waals surface area contributed by atoms with Crippen molar-refractivity contribution in [3.63, 3.8) is 0 Å². The second kappa shape index (κ2) is 8.57. The standard InChI is InChI=1S/C21H24ClN5O3S/c1-14(2)27-19-10-9-17(12-18(19)24-25-27)31(29,30)26-11-3-4-20(26)21(28)23-13-15-5-7-16(22)8-6-15/h5-10,12,14,20H,3-4,11,13H2,1-2H3,(H,23,28)/t20-/m0/s1. The van der Waals surface area contributed by atoms with Crippen LogP contribution in [0.1, 0.15) is 38.3 Å². The third kappa shape index (κ3) is 4.30. The first kappa shape index (κ1) is 21.7. The zero-order valence-electron chi connectivity index (χ0n) is 17.3. The number of fused-ring (bicyclic) bond motifs is 1. The molecule has 0 radical (unpaired) electrons. The predicted molar refractivity (Wildman–Crippen MR) is 118 cm³/mol. The average Bonchev–Trinajstić information content (AvgIpc) is 3.40. The molecule has 10 heteroatoms. The number of amides is 1. The van der Waals surface area contributed by atoms with E-state index < -0.39 is 16.1 Å². The van der Waals surface area contributed by atoms with E-state index in [1.807, 2.05) is 26.0 Å². The molecule has 3 aromatic rings. The van der Waals surface area contributed by atoms with Crippen LogP contribution >= 0.6 is 11.6 Å². The number of hydrogen-bond donors (Lipinski definition) is 1. The van der Waals surface area contributed by atoms with Crippen LogP contribution < -0.4 is 5.32 Å². The summed E-state index contributed by atoms with van der Waals surface area (Å²) in [6.45, 7) is 4.58. The van der Waals surface area contributed by atoms with Crippen molar-refractivity contribution in [3.05, 3.63) is 53.1 Å². The number of carbonyl (C=O) groups is 1. The Morgan fingerprint density at radius 2 is 1.97 bits per heavy atom. The van der Waals surface area contributed by atoms with Gasteiger partial charge in [-0.2, -0.15) is 4.31 Å². The summed E-state index contributed by atoms with van der Waals surface area (Å²) in [7, 11) is -3.85. The number of halogens is 1. The van der Waals surface area contributed by atoms with Gasteiger partial charge >= 0.3 is 0 Å². The highest BCUT2D eigenvalue weighted by molar-refractivity contribution is 7.89. The van der Waals surface area contributed by atoms with Gasteiger partial charge in [-0.15, -0.1) is 5.10 Å². The molecule has 8 nitrogen and oxygen atoms in total. The van der Waals surface area contributed by atoms with Crippen LogP contribution in [0, 0.1) is 0 Å². The molecule has 1 fully saturated rings. The minimum atomic E-state index is -3.85. The van der Waals surface area contributed by atoms with Gasteiger partial charge in [0.25, 0.3) is 0 Å². The molecule has 1 amide bonds. The molecule has 4 rings (SSSR count). The molecular formula is C21H24ClN5O3S. The van der Waals surface area contributed by atoms with E-state index in [2.05, 4.69) is 15.6 Å². The summed E-state index contributed by atoms with van der Waals surface area (Å²) in [4.78, 5) is 12.9. The molecule has 164 valence electrons. The molecule has 1 aliphatic heterocycles. The Morgan fingerprint density at radius 3 is 2.68 bits per heavy atom. The van der Waals surface area contributed by atoms with Gasteiger partial charge in [-0.1, -0.05) is 28.9 Å². The third-order valence-electron chi connectivity index (χ3n) is 5.42. The molecule has 1 aliphatic rings. The monoisotopic (exact) mass is 461 g/mol. The number of nitrogens with zero attached hydrogens (tertiary/aromatic N) is 4. The fourth-order valence-electron chi connectivity index (χ4n) is 3.80. The van der Waals surface area contributed by atoms with Crippen molar-refractivity contribution in [3.8, 4) is 0 Å². The maximum Gasteiger partial charge on any atom is 0.243 e. The zero-order chi connectivity index (χ0) is 22.2. The van der Waals surface area contributed by atoms with E-state index in [4.69, 9.17) is 11.6 Å². The summed E-state index contributed by atoms with van der Waals surface area (Å²) >= 11 is 5.89. The summed E-state index contributed by atoms with van der Waals surface area (Å²) < 4.78 is 29.7. The van der Waals surface area contributed by atoms with E-state index >= 15 is 0 Å². The molecule has 0 bridgehead atoms. The van der Waals surface area contributed by atoms with Gasteiger partial charge in [-0.25, -0.2) is 13.1 Å². The molecule has 0 unspecified atom stereocenters. The van der Waals surface area contributed by atoms with E-state index in [0.717, 1.165) is 11.1 Å². The minimum absolute atomic E-state index is 0.111.